The van der Waals surface area contributed by atoms with Gasteiger partial charge in [-0.1, -0.05) is 6.42 Å². The molecule has 1 saturated heterocycles. The molecule has 1 aliphatic rings. The lowest BCUT2D eigenvalue weighted by Crippen LogP contribution is -2.39. The van der Waals surface area contributed by atoms with E-state index < -0.39 is 5.91 Å². The number of piperidine rings is 1. The molecule has 1 atom stereocenters. The summed E-state index contributed by atoms with van der Waals surface area (Å²) in [5.41, 5.74) is 7.71. The number of amides is 1. The third kappa shape index (κ3) is 3.44. The van der Waals surface area contributed by atoms with Gasteiger partial charge in [0.25, 0.3) is 5.91 Å². The zero-order chi connectivity index (χ0) is 13.8. The normalized spacial score (nSPS) is 19.2. The van der Waals surface area contributed by atoms with Gasteiger partial charge >= 0.3 is 0 Å². The predicted molar refractivity (Wildman–Crippen MR) is 76.4 cm³/mol. The van der Waals surface area contributed by atoms with Crippen molar-refractivity contribution in [3.63, 3.8) is 0 Å². The SMILES string of the molecule is Cc1cc(C)c(C(N)=O)c(NCC2CCCCN2)n1. The van der Waals surface area contributed by atoms with E-state index in [1.165, 1.54) is 12.8 Å². The molecule has 5 heteroatoms. The van der Waals surface area contributed by atoms with Crippen LogP contribution in [-0.4, -0.2) is 30.0 Å². The zero-order valence-electron chi connectivity index (χ0n) is 11.6. The summed E-state index contributed by atoms with van der Waals surface area (Å²) in [7, 11) is 0. The molecule has 1 aromatic heterocycles. The van der Waals surface area contributed by atoms with Crippen molar-refractivity contribution in [3.05, 3.63) is 22.9 Å². The minimum absolute atomic E-state index is 0.427. The van der Waals surface area contributed by atoms with Gasteiger partial charge in [-0.25, -0.2) is 4.98 Å². The number of aromatic nitrogens is 1. The summed E-state index contributed by atoms with van der Waals surface area (Å²) >= 11 is 0. The fourth-order valence-corrected chi connectivity index (χ4v) is 2.59. The van der Waals surface area contributed by atoms with Gasteiger partial charge < -0.3 is 16.4 Å². The van der Waals surface area contributed by atoms with Gasteiger partial charge in [-0.2, -0.15) is 0 Å². The topological polar surface area (TPSA) is 80.0 Å². The number of rotatable bonds is 4. The second-order valence-electron chi connectivity index (χ2n) is 5.20. The first kappa shape index (κ1) is 13.8. The summed E-state index contributed by atoms with van der Waals surface area (Å²) in [6.07, 6.45) is 3.65. The minimum Gasteiger partial charge on any atom is -0.368 e. The molecule has 104 valence electrons. The molecular formula is C14H22N4O. The Kier molecular flexibility index (Phi) is 4.37. The fourth-order valence-electron chi connectivity index (χ4n) is 2.59. The predicted octanol–water partition coefficient (Wildman–Crippen LogP) is 1.35. The number of carbonyl (C=O) groups is 1. The standard InChI is InChI=1S/C14H22N4O/c1-9-7-10(2)18-14(12(9)13(15)19)17-8-11-5-3-4-6-16-11/h7,11,16H,3-6,8H2,1-2H3,(H2,15,19)(H,17,18). The average molecular weight is 262 g/mol. The Morgan fingerprint density at radius 3 is 2.95 bits per heavy atom. The van der Waals surface area contributed by atoms with Crippen molar-refractivity contribution in [2.45, 2.75) is 39.2 Å². The number of primary amides is 1. The number of hydrogen-bond acceptors (Lipinski definition) is 4. The van der Waals surface area contributed by atoms with Crippen molar-refractivity contribution >= 4 is 11.7 Å². The summed E-state index contributed by atoms with van der Waals surface area (Å²) in [6.45, 7) is 5.64. The highest BCUT2D eigenvalue weighted by atomic mass is 16.1. The second kappa shape index (κ2) is 6.02. The van der Waals surface area contributed by atoms with E-state index in [2.05, 4.69) is 15.6 Å². The third-order valence-corrected chi connectivity index (χ3v) is 3.52. The smallest absolute Gasteiger partial charge is 0.252 e. The van der Waals surface area contributed by atoms with Gasteiger partial charge in [0.2, 0.25) is 0 Å². The van der Waals surface area contributed by atoms with E-state index in [4.69, 9.17) is 5.73 Å². The number of nitrogens with one attached hydrogen (secondary N) is 2. The van der Waals surface area contributed by atoms with Gasteiger partial charge in [0, 0.05) is 18.3 Å². The quantitative estimate of drug-likeness (QED) is 0.765. The van der Waals surface area contributed by atoms with Crippen LogP contribution in [0, 0.1) is 13.8 Å². The van der Waals surface area contributed by atoms with Crippen LogP contribution in [0.5, 0.6) is 0 Å². The highest BCUT2D eigenvalue weighted by molar-refractivity contribution is 5.99. The molecule has 1 fully saturated rings. The van der Waals surface area contributed by atoms with Crippen molar-refractivity contribution in [1.29, 1.82) is 0 Å². The molecule has 2 rings (SSSR count). The van der Waals surface area contributed by atoms with Gasteiger partial charge in [-0.05, 0) is 44.9 Å². The first-order chi connectivity index (χ1) is 9.08. The Morgan fingerprint density at radius 1 is 1.53 bits per heavy atom. The largest absolute Gasteiger partial charge is 0.368 e. The van der Waals surface area contributed by atoms with Crippen LogP contribution in [0.1, 0.15) is 40.9 Å². The van der Waals surface area contributed by atoms with Crippen molar-refractivity contribution < 1.29 is 4.79 Å². The molecule has 0 aliphatic carbocycles. The lowest BCUT2D eigenvalue weighted by atomic mass is 10.0. The molecule has 0 spiro atoms. The van der Waals surface area contributed by atoms with Crippen LogP contribution in [0.4, 0.5) is 5.82 Å². The van der Waals surface area contributed by atoms with Gasteiger partial charge in [0.1, 0.15) is 5.82 Å². The Labute approximate surface area is 114 Å². The Morgan fingerprint density at radius 2 is 2.32 bits per heavy atom. The van der Waals surface area contributed by atoms with Crippen molar-refractivity contribution in [2.24, 2.45) is 5.73 Å². The second-order valence-corrected chi connectivity index (χ2v) is 5.20. The summed E-state index contributed by atoms with van der Waals surface area (Å²) in [6, 6.07) is 2.32. The van der Waals surface area contributed by atoms with Crippen molar-refractivity contribution in [3.8, 4) is 0 Å². The average Bonchev–Trinajstić information content (AvgIpc) is 2.36. The first-order valence-corrected chi connectivity index (χ1v) is 6.83. The molecule has 4 N–H and O–H groups in total. The maximum atomic E-state index is 11.5. The monoisotopic (exact) mass is 262 g/mol. The Balaban J connectivity index is 2.12. The summed E-state index contributed by atoms with van der Waals surface area (Å²) in [5, 5.41) is 6.73. The number of nitrogens with two attached hydrogens (primary N) is 1. The number of hydrogen-bond donors (Lipinski definition) is 3. The number of pyridine rings is 1. The third-order valence-electron chi connectivity index (χ3n) is 3.52. The number of carbonyl (C=O) groups excluding carboxylic acids is 1. The van der Waals surface area contributed by atoms with Crippen LogP contribution < -0.4 is 16.4 Å². The van der Waals surface area contributed by atoms with E-state index in [1.54, 1.807) is 0 Å². The van der Waals surface area contributed by atoms with E-state index in [-0.39, 0.29) is 0 Å². The molecule has 5 nitrogen and oxygen atoms in total. The Hall–Kier alpha value is -1.62. The van der Waals surface area contributed by atoms with Crippen molar-refractivity contribution in [2.75, 3.05) is 18.4 Å². The van der Waals surface area contributed by atoms with Crippen molar-refractivity contribution in [1.82, 2.24) is 10.3 Å². The lowest BCUT2D eigenvalue weighted by Gasteiger charge is -2.24. The molecule has 1 aromatic rings. The summed E-state index contributed by atoms with van der Waals surface area (Å²) in [4.78, 5) is 15.9. The number of anilines is 1. The lowest BCUT2D eigenvalue weighted by molar-refractivity contribution is 0.1000. The number of nitrogens with zero attached hydrogens (tertiary/aromatic N) is 1. The van der Waals surface area contributed by atoms with E-state index in [0.29, 0.717) is 17.4 Å². The van der Waals surface area contributed by atoms with E-state index in [0.717, 1.165) is 30.8 Å². The molecule has 2 heterocycles. The summed E-state index contributed by atoms with van der Waals surface area (Å²) in [5.74, 6) is 0.182. The zero-order valence-corrected chi connectivity index (χ0v) is 11.6. The van der Waals surface area contributed by atoms with Crippen LogP contribution in [0.25, 0.3) is 0 Å². The molecule has 0 saturated carbocycles. The van der Waals surface area contributed by atoms with Gasteiger partial charge in [-0.15, -0.1) is 0 Å². The molecule has 0 aromatic carbocycles. The molecule has 0 bridgehead atoms. The van der Waals surface area contributed by atoms with Crippen LogP contribution in [0.3, 0.4) is 0 Å². The minimum atomic E-state index is -0.427. The van der Waals surface area contributed by atoms with Gasteiger partial charge in [-0.3, -0.25) is 4.79 Å². The molecule has 1 unspecified atom stereocenters. The highest BCUT2D eigenvalue weighted by Crippen LogP contribution is 2.18. The molecule has 1 amide bonds. The van der Waals surface area contributed by atoms with Gasteiger partial charge in [0.05, 0.1) is 5.56 Å². The van der Waals surface area contributed by atoms with Crippen LogP contribution >= 0.6 is 0 Å². The molecule has 0 radical (unpaired) electrons. The van der Waals surface area contributed by atoms with E-state index >= 15 is 0 Å². The first-order valence-electron chi connectivity index (χ1n) is 6.83. The maximum Gasteiger partial charge on any atom is 0.252 e. The molecule has 1 aliphatic heterocycles. The fraction of sp³-hybridized carbons (Fsp3) is 0.571. The van der Waals surface area contributed by atoms with E-state index in [1.807, 2.05) is 19.9 Å². The number of aryl methyl sites for hydroxylation is 2. The van der Waals surface area contributed by atoms with Crippen LogP contribution in [-0.2, 0) is 0 Å². The van der Waals surface area contributed by atoms with Gasteiger partial charge in [0.15, 0.2) is 0 Å². The van der Waals surface area contributed by atoms with Crippen LogP contribution in [0.2, 0.25) is 0 Å². The van der Waals surface area contributed by atoms with Crippen LogP contribution in [0.15, 0.2) is 6.07 Å². The van der Waals surface area contributed by atoms with E-state index in [9.17, 15) is 4.79 Å². The highest BCUT2D eigenvalue weighted by Gasteiger charge is 2.16. The Bertz CT molecular complexity index is 467. The summed E-state index contributed by atoms with van der Waals surface area (Å²) < 4.78 is 0. The molecule has 19 heavy (non-hydrogen) atoms. The maximum absolute atomic E-state index is 11.5. The molecular weight excluding hydrogens is 240 g/mol.